The zero-order valence-corrected chi connectivity index (χ0v) is 12.9. The highest BCUT2D eigenvalue weighted by Crippen LogP contribution is 2.56. The highest BCUT2D eigenvalue weighted by atomic mass is 16.5. The first-order valence-corrected chi connectivity index (χ1v) is 7.72. The van der Waals surface area contributed by atoms with E-state index in [2.05, 4.69) is 6.92 Å². The summed E-state index contributed by atoms with van der Waals surface area (Å²) in [7, 11) is 0. The summed E-state index contributed by atoms with van der Waals surface area (Å²) in [5, 5.41) is 0. The standard InChI is InChI=1S/C17H22O4/c1-4-20-15(19)17(3)12-6-5-11-8-10-21-14(11)16(12,2)9-7-13(17)18/h8,10,12H,4-7,9H2,1-3H3/t12-,16+,17-/m1/s1. The van der Waals surface area contributed by atoms with E-state index in [9.17, 15) is 9.59 Å². The number of furan rings is 1. The van der Waals surface area contributed by atoms with Crippen LogP contribution in [0.5, 0.6) is 0 Å². The van der Waals surface area contributed by atoms with Crippen LogP contribution in [0.15, 0.2) is 16.7 Å². The third kappa shape index (κ3) is 1.81. The van der Waals surface area contributed by atoms with Crippen molar-refractivity contribution in [2.75, 3.05) is 6.61 Å². The normalized spacial score (nSPS) is 35.0. The van der Waals surface area contributed by atoms with Crippen LogP contribution in [0.3, 0.4) is 0 Å². The van der Waals surface area contributed by atoms with Gasteiger partial charge in [0.1, 0.15) is 17.0 Å². The first kappa shape index (κ1) is 14.4. The molecule has 0 spiro atoms. The Hall–Kier alpha value is -1.58. The molecule has 0 unspecified atom stereocenters. The minimum absolute atomic E-state index is 0.0124. The molecule has 0 bridgehead atoms. The van der Waals surface area contributed by atoms with Crippen LogP contribution in [0.25, 0.3) is 0 Å². The third-order valence-electron chi connectivity index (χ3n) is 5.58. The second kappa shape index (κ2) is 4.72. The number of carbonyl (C=O) groups is 2. The lowest BCUT2D eigenvalue weighted by Crippen LogP contribution is -2.57. The molecule has 3 rings (SSSR count). The summed E-state index contributed by atoms with van der Waals surface area (Å²) < 4.78 is 11.0. The second-order valence-electron chi connectivity index (χ2n) is 6.63. The van der Waals surface area contributed by atoms with Crippen LogP contribution in [0.1, 0.15) is 51.4 Å². The summed E-state index contributed by atoms with van der Waals surface area (Å²) in [6, 6.07) is 2.01. The number of hydrogen-bond acceptors (Lipinski definition) is 4. The zero-order chi connectivity index (χ0) is 15.3. The van der Waals surface area contributed by atoms with Crippen molar-refractivity contribution < 1.29 is 18.7 Å². The fraction of sp³-hybridized carbons (Fsp3) is 0.647. The van der Waals surface area contributed by atoms with Crippen molar-refractivity contribution in [2.45, 2.75) is 51.9 Å². The van der Waals surface area contributed by atoms with Crippen LogP contribution in [-0.4, -0.2) is 18.4 Å². The summed E-state index contributed by atoms with van der Waals surface area (Å²) in [6.07, 6.45) is 4.54. The summed E-state index contributed by atoms with van der Waals surface area (Å²) in [4.78, 5) is 25.1. The van der Waals surface area contributed by atoms with Gasteiger partial charge in [-0.3, -0.25) is 9.59 Å². The quantitative estimate of drug-likeness (QED) is 0.620. The lowest BCUT2D eigenvalue weighted by atomic mass is 9.51. The van der Waals surface area contributed by atoms with E-state index < -0.39 is 5.41 Å². The Balaban J connectivity index is 2.07. The molecule has 1 aromatic rings. The van der Waals surface area contributed by atoms with Crippen molar-refractivity contribution in [2.24, 2.45) is 11.3 Å². The Morgan fingerprint density at radius 1 is 1.43 bits per heavy atom. The number of rotatable bonds is 2. The van der Waals surface area contributed by atoms with Gasteiger partial charge in [0.05, 0.1) is 12.9 Å². The van der Waals surface area contributed by atoms with Gasteiger partial charge in [0.15, 0.2) is 0 Å². The summed E-state index contributed by atoms with van der Waals surface area (Å²) in [5.41, 5.74) is -0.0886. The molecule has 114 valence electrons. The van der Waals surface area contributed by atoms with Crippen LogP contribution in [-0.2, 0) is 26.2 Å². The number of carbonyl (C=O) groups excluding carboxylic acids is 2. The summed E-state index contributed by atoms with van der Waals surface area (Å²) in [5.74, 6) is 0.546. The van der Waals surface area contributed by atoms with Crippen molar-refractivity contribution in [3.05, 3.63) is 23.7 Å². The van der Waals surface area contributed by atoms with Gasteiger partial charge in [-0.2, -0.15) is 0 Å². The van der Waals surface area contributed by atoms with E-state index in [1.165, 1.54) is 5.56 Å². The lowest BCUT2D eigenvalue weighted by molar-refractivity contribution is -0.169. The third-order valence-corrected chi connectivity index (χ3v) is 5.58. The average Bonchev–Trinajstić information content (AvgIpc) is 2.93. The molecule has 0 radical (unpaired) electrons. The Morgan fingerprint density at radius 3 is 2.90 bits per heavy atom. The van der Waals surface area contributed by atoms with E-state index in [1.54, 1.807) is 20.1 Å². The Labute approximate surface area is 124 Å². The number of aryl methyl sites for hydroxylation is 1. The maximum absolute atomic E-state index is 12.5. The highest BCUT2D eigenvalue weighted by molar-refractivity contribution is 6.04. The smallest absolute Gasteiger partial charge is 0.319 e. The van der Waals surface area contributed by atoms with Gasteiger partial charge in [-0.15, -0.1) is 0 Å². The van der Waals surface area contributed by atoms with E-state index in [1.807, 2.05) is 6.07 Å². The number of hydrogen-bond donors (Lipinski definition) is 0. The minimum atomic E-state index is -1.05. The molecule has 4 heteroatoms. The zero-order valence-electron chi connectivity index (χ0n) is 12.9. The molecule has 2 aliphatic carbocycles. The average molecular weight is 290 g/mol. The van der Waals surface area contributed by atoms with E-state index in [0.29, 0.717) is 13.0 Å². The predicted octanol–water partition coefficient (Wildman–Crippen LogP) is 3.03. The molecule has 0 aromatic carbocycles. The number of fused-ring (bicyclic) bond motifs is 3. The van der Waals surface area contributed by atoms with Crippen LogP contribution in [0.4, 0.5) is 0 Å². The molecule has 0 aliphatic heterocycles. The molecular weight excluding hydrogens is 268 g/mol. The van der Waals surface area contributed by atoms with Gasteiger partial charge >= 0.3 is 5.97 Å². The fourth-order valence-electron chi connectivity index (χ4n) is 4.39. The van der Waals surface area contributed by atoms with E-state index >= 15 is 0 Å². The summed E-state index contributed by atoms with van der Waals surface area (Å²) >= 11 is 0. The van der Waals surface area contributed by atoms with E-state index in [0.717, 1.165) is 25.0 Å². The molecule has 0 N–H and O–H groups in total. The van der Waals surface area contributed by atoms with Crippen molar-refractivity contribution in [3.63, 3.8) is 0 Å². The van der Waals surface area contributed by atoms with Crippen molar-refractivity contribution in [1.29, 1.82) is 0 Å². The highest BCUT2D eigenvalue weighted by Gasteiger charge is 2.61. The largest absolute Gasteiger partial charge is 0.468 e. The molecule has 0 amide bonds. The van der Waals surface area contributed by atoms with Gasteiger partial charge in [-0.1, -0.05) is 6.92 Å². The fourth-order valence-corrected chi connectivity index (χ4v) is 4.39. The maximum atomic E-state index is 12.5. The molecule has 1 aromatic heterocycles. The molecule has 4 nitrogen and oxygen atoms in total. The Bertz CT molecular complexity index is 587. The van der Waals surface area contributed by atoms with E-state index in [4.69, 9.17) is 9.15 Å². The molecule has 21 heavy (non-hydrogen) atoms. The second-order valence-corrected chi connectivity index (χ2v) is 6.63. The van der Waals surface area contributed by atoms with Crippen LogP contribution >= 0.6 is 0 Å². The monoisotopic (exact) mass is 290 g/mol. The van der Waals surface area contributed by atoms with Gasteiger partial charge in [0.2, 0.25) is 0 Å². The molecule has 1 saturated carbocycles. The van der Waals surface area contributed by atoms with Gasteiger partial charge in [-0.05, 0) is 50.7 Å². The number of ether oxygens (including phenoxy) is 1. The van der Waals surface area contributed by atoms with Gasteiger partial charge in [0, 0.05) is 11.8 Å². The first-order valence-electron chi connectivity index (χ1n) is 7.72. The van der Waals surface area contributed by atoms with Crippen molar-refractivity contribution in [3.8, 4) is 0 Å². The van der Waals surface area contributed by atoms with E-state index in [-0.39, 0.29) is 23.1 Å². The van der Waals surface area contributed by atoms with Crippen molar-refractivity contribution >= 4 is 11.8 Å². The van der Waals surface area contributed by atoms with Crippen molar-refractivity contribution in [1.82, 2.24) is 0 Å². The first-order chi connectivity index (χ1) is 9.94. The topological polar surface area (TPSA) is 56.5 Å². The molecule has 1 fully saturated rings. The lowest BCUT2D eigenvalue weighted by Gasteiger charge is -2.51. The van der Waals surface area contributed by atoms with Gasteiger partial charge < -0.3 is 9.15 Å². The van der Waals surface area contributed by atoms with Gasteiger partial charge in [-0.25, -0.2) is 0 Å². The molecule has 0 saturated heterocycles. The molecular formula is C17H22O4. The minimum Gasteiger partial charge on any atom is -0.468 e. The van der Waals surface area contributed by atoms with Crippen LogP contribution in [0.2, 0.25) is 0 Å². The predicted molar refractivity (Wildman–Crippen MR) is 76.9 cm³/mol. The Kier molecular flexibility index (Phi) is 3.23. The molecule has 2 aliphatic rings. The maximum Gasteiger partial charge on any atom is 0.319 e. The number of ketones is 1. The van der Waals surface area contributed by atoms with Gasteiger partial charge in [0.25, 0.3) is 0 Å². The summed E-state index contributed by atoms with van der Waals surface area (Å²) in [6.45, 7) is 5.98. The number of Topliss-reactive ketones (excluding diaryl/α,β-unsaturated/α-hetero) is 1. The molecule has 1 heterocycles. The Morgan fingerprint density at radius 2 is 2.19 bits per heavy atom. The SMILES string of the molecule is CCOC(=O)[C@@]1(C)C(=O)CC[C@]2(C)c3occc3CC[C@@H]12. The molecule has 3 atom stereocenters. The van der Waals surface area contributed by atoms with Crippen LogP contribution in [0, 0.1) is 11.3 Å². The van der Waals surface area contributed by atoms with Crippen LogP contribution < -0.4 is 0 Å². The number of esters is 1.